The van der Waals surface area contributed by atoms with Crippen molar-refractivity contribution in [1.82, 2.24) is 4.90 Å². The Bertz CT molecular complexity index is 941. The van der Waals surface area contributed by atoms with Gasteiger partial charge < -0.3 is 5.32 Å². The van der Waals surface area contributed by atoms with Crippen LogP contribution in [0.3, 0.4) is 0 Å². The van der Waals surface area contributed by atoms with Crippen molar-refractivity contribution in [3.63, 3.8) is 0 Å². The predicted octanol–water partition coefficient (Wildman–Crippen LogP) is 3.03. The number of non-ortho nitro benzene ring substituents is 1. The summed E-state index contributed by atoms with van der Waals surface area (Å²) in [5.74, 6) is -0.891. The van der Waals surface area contributed by atoms with Gasteiger partial charge in [-0.25, -0.2) is 0 Å². The summed E-state index contributed by atoms with van der Waals surface area (Å²) in [6.45, 7) is 3.88. The van der Waals surface area contributed by atoms with Gasteiger partial charge in [0.25, 0.3) is 17.5 Å². The van der Waals surface area contributed by atoms with Crippen LogP contribution in [0.1, 0.15) is 16.7 Å². The van der Waals surface area contributed by atoms with Gasteiger partial charge in [0.2, 0.25) is 0 Å². The summed E-state index contributed by atoms with van der Waals surface area (Å²) in [5.41, 5.74) is 3.48. The number of hydrogen-bond acceptors (Lipinski definition) is 5. The molecule has 3 rings (SSSR count). The smallest absolute Gasteiger partial charge is 0.277 e. The highest BCUT2D eigenvalue weighted by molar-refractivity contribution is 6.36. The van der Waals surface area contributed by atoms with Crippen molar-refractivity contribution < 1.29 is 14.5 Å². The van der Waals surface area contributed by atoms with Gasteiger partial charge in [0, 0.05) is 24.9 Å². The highest BCUT2D eigenvalue weighted by atomic mass is 16.6. The van der Waals surface area contributed by atoms with Crippen LogP contribution in [0.2, 0.25) is 0 Å². The summed E-state index contributed by atoms with van der Waals surface area (Å²) in [6, 6.07) is 11.3. The molecule has 0 spiro atoms. The van der Waals surface area contributed by atoms with E-state index in [0.29, 0.717) is 11.3 Å². The fourth-order valence-corrected chi connectivity index (χ4v) is 2.97. The van der Waals surface area contributed by atoms with E-state index >= 15 is 0 Å². The summed E-state index contributed by atoms with van der Waals surface area (Å²) >= 11 is 0. The molecular formula is C19H17N3O4. The van der Waals surface area contributed by atoms with Crippen molar-refractivity contribution in [3.8, 4) is 0 Å². The van der Waals surface area contributed by atoms with E-state index < -0.39 is 16.7 Å². The summed E-state index contributed by atoms with van der Waals surface area (Å²) in [5, 5.41) is 13.9. The highest BCUT2D eigenvalue weighted by Gasteiger charge is 2.36. The molecule has 26 heavy (non-hydrogen) atoms. The third kappa shape index (κ3) is 3.06. The number of aryl methyl sites for hydroxylation is 2. The minimum absolute atomic E-state index is 0.0803. The lowest BCUT2D eigenvalue weighted by Crippen LogP contribution is -2.27. The van der Waals surface area contributed by atoms with Gasteiger partial charge in [-0.15, -0.1) is 0 Å². The molecule has 0 atom stereocenters. The van der Waals surface area contributed by atoms with E-state index in [0.717, 1.165) is 16.0 Å². The Morgan fingerprint density at radius 1 is 0.962 bits per heavy atom. The average molecular weight is 351 g/mol. The van der Waals surface area contributed by atoms with Crippen LogP contribution in [0.25, 0.3) is 5.57 Å². The second-order valence-corrected chi connectivity index (χ2v) is 6.22. The molecule has 2 amide bonds. The normalized spacial score (nSPS) is 14.2. The fourth-order valence-electron chi connectivity index (χ4n) is 2.97. The van der Waals surface area contributed by atoms with Crippen LogP contribution in [0.5, 0.6) is 0 Å². The predicted molar refractivity (Wildman–Crippen MR) is 97.3 cm³/mol. The van der Waals surface area contributed by atoms with Crippen LogP contribution >= 0.6 is 0 Å². The molecule has 0 unspecified atom stereocenters. The summed E-state index contributed by atoms with van der Waals surface area (Å²) in [4.78, 5) is 36.4. The number of nitro groups is 1. The molecule has 1 aliphatic rings. The molecule has 0 saturated carbocycles. The van der Waals surface area contributed by atoms with Crippen molar-refractivity contribution in [2.24, 2.45) is 0 Å². The molecule has 0 fully saturated rings. The molecule has 7 heteroatoms. The number of benzene rings is 2. The second kappa shape index (κ2) is 6.44. The Morgan fingerprint density at radius 2 is 1.54 bits per heavy atom. The zero-order valence-electron chi connectivity index (χ0n) is 14.6. The molecule has 0 aliphatic carbocycles. The van der Waals surface area contributed by atoms with E-state index in [1.807, 2.05) is 32.0 Å². The maximum atomic E-state index is 12.5. The lowest BCUT2D eigenvalue weighted by atomic mass is 10.0. The first-order valence-corrected chi connectivity index (χ1v) is 7.94. The molecule has 0 saturated heterocycles. The molecule has 2 aromatic carbocycles. The maximum absolute atomic E-state index is 12.5. The number of rotatable bonds is 4. The Morgan fingerprint density at radius 3 is 2.08 bits per heavy atom. The first-order valence-electron chi connectivity index (χ1n) is 7.94. The van der Waals surface area contributed by atoms with E-state index in [1.165, 1.54) is 31.3 Å². The number of nitrogens with zero attached hydrogens (tertiary/aromatic N) is 2. The SMILES string of the molecule is Cc1cc(C)cc(NC2=C(c3ccc([N+](=O)[O-])cc3)C(=O)N(C)C2=O)c1. The number of likely N-dealkylation sites (N-methyl/N-ethyl adjacent to an activating group) is 1. The number of amides is 2. The Balaban J connectivity index is 2.08. The van der Waals surface area contributed by atoms with Gasteiger partial charge in [0.05, 0.1) is 10.5 Å². The number of nitro benzene ring substituents is 1. The fraction of sp³-hybridized carbons (Fsp3) is 0.158. The third-order valence-electron chi connectivity index (χ3n) is 4.14. The van der Waals surface area contributed by atoms with Crippen LogP contribution in [-0.2, 0) is 9.59 Å². The molecule has 1 heterocycles. The second-order valence-electron chi connectivity index (χ2n) is 6.22. The number of imide groups is 1. The number of carbonyl (C=O) groups is 2. The van der Waals surface area contributed by atoms with Crippen LogP contribution in [-0.4, -0.2) is 28.7 Å². The van der Waals surface area contributed by atoms with Gasteiger partial charge in [-0.2, -0.15) is 0 Å². The van der Waals surface area contributed by atoms with Crippen molar-refractivity contribution >= 4 is 28.8 Å². The lowest BCUT2D eigenvalue weighted by Gasteiger charge is -2.10. The van der Waals surface area contributed by atoms with Gasteiger partial charge in [0.1, 0.15) is 5.70 Å². The lowest BCUT2D eigenvalue weighted by molar-refractivity contribution is -0.384. The average Bonchev–Trinajstić information content (AvgIpc) is 2.78. The molecule has 132 valence electrons. The standard InChI is InChI=1S/C19H17N3O4/c1-11-8-12(2)10-14(9-11)20-17-16(18(23)21(3)19(17)24)13-4-6-15(7-5-13)22(25)26/h4-10,20H,1-3H3. The van der Waals surface area contributed by atoms with E-state index in [4.69, 9.17) is 0 Å². The molecule has 0 radical (unpaired) electrons. The largest absolute Gasteiger partial charge is 0.350 e. The van der Waals surface area contributed by atoms with Gasteiger partial charge in [0.15, 0.2) is 0 Å². The first-order chi connectivity index (χ1) is 12.3. The Kier molecular flexibility index (Phi) is 4.29. The van der Waals surface area contributed by atoms with Crippen molar-refractivity contribution in [1.29, 1.82) is 0 Å². The molecule has 1 aliphatic heterocycles. The van der Waals surface area contributed by atoms with Gasteiger partial charge >= 0.3 is 0 Å². The van der Waals surface area contributed by atoms with Crippen molar-refractivity contribution in [3.05, 3.63) is 75.0 Å². The molecule has 0 bridgehead atoms. The number of anilines is 1. The Hall–Kier alpha value is -3.48. The van der Waals surface area contributed by atoms with Crippen LogP contribution < -0.4 is 5.32 Å². The summed E-state index contributed by atoms with van der Waals surface area (Å²) in [7, 11) is 1.41. The zero-order chi connectivity index (χ0) is 19.0. The topological polar surface area (TPSA) is 92.6 Å². The number of nitrogens with one attached hydrogen (secondary N) is 1. The van der Waals surface area contributed by atoms with Gasteiger partial charge in [-0.05, 0) is 54.8 Å². The van der Waals surface area contributed by atoms with Gasteiger partial charge in [-0.1, -0.05) is 6.07 Å². The highest BCUT2D eigenvalue weighted by Crippen LogP contribution is 2.31. The minimum Gasteiger partial charge on any atom is -0.350 e. The van der Waals surface area contributed by atoms with Crippen molar-refractivity contribution in [2.75, 3.05) is 12.4 Å². The molecule has 0 aromatic heterocycles. The van der Waals surface area contributed by atoms with Crippen molar-refractivity contribution in [2.45, 2.75) is 13.8 Å². The molecule has 7 nitrogen and oxygen atoms in total. The molecule has 2 aromatic rings. The monoisotopic (exact) mass is 351 g/mol. The van der Waals surface area contributed by atoms with E-state index in [-0.39, 0.29) is 17.0 Å². The van der Waals surface area contributed by atoms with E-state index in [1.54, 1.807) is 0 Å². The number of hydrogen-bond donors (Lipinski definition) is 1. The Labute approximate surface area is 150 Å². The molecule has 1 N–H and O–H groups in total. The first kappa shape index (κ1) is 17.3. The zero-order valence-corrected chi connectivity index (χ0v) is 14.6. The number of carbonyl (C=O) groups excluding carboxylic acids is 2. The summed E-state index contributed by atoms with van der Waals surface area (Å²) < 4.78 is 0. The quantitative estimate of drug-likeness (QED) is 0.519. The van der Waals surface area contributed by atoms with E-state index in [2.05, 4.69) is 5.32 Å². The molecular weight excluding hydrogens is 334 g/mol. The van der Waals surface area contributed by atoms with Crippen LogP contribution in [0.4, 0.5) is 11.4 Å². The minimum atomic E-state index is -0.513. The van der Waals surface area contributed by atoms with Gasteiger partial charge in [-0.3, -0.25) is 24.6 Å². The third-order valence-corrected chi connectivity index (χ3v) is 4.14. The maximum Gasteiger partial charge on any atom is 0.277 e. The summed E-state index contributed by atoms with van der Waals surface area (Å²) in [6.07, 6.45) is 0. The van der Waals surface area contributed by atoms with Crippen LogP contribution in [0.15, 0.2) is 48.2 Å². The van der Waals surface area contributed by atoms with E-state index in [9.17, 15) is 19.7 Å². The van der Waals surface area contributed by atoms with Crippen LogP contribution in [0, 0.1) is 24.0 Å².